The van der Waals surface area contributed by atoms with Crippen LogP contribution in [-0.4, -0.2) is 35.9 Å². The molecule has 29 heavy (non-hydrogen) atoms. The number of likely N-dealkylation sites (N-methyl/N-ethyl adjacent to an activating group) is 1. The monoisotopic (exact) mass is 436 g/mol. The van der Waals surface area contributed by atoms with Gasteiger partial charge in [-0.3, -0.25) is 9.59 Å². The second kappa shape index (κ2) is 11.1. The van der Waals surface area contributed by atoms with Gasteiger partial charge in [0.25, 0.3) is 5.91 Å². The summed E-state index contributed by atoms with van der Waals surface area (Å²) < 4.78 is 5.72. The largest absolute Gasteiger partial charge is 0.484 e. The second-order valence-corrected chi connectivity index (χ2v) is 7.47. The van der Waals surface area contributed by atoms with Crippen LogP contribution in [0.1, 0.15) is 31.4 Å². The van der Waals surface area contributed by atoms with Crippen molar-refractivity contribution in [2.45, 2.75) is 39.8 Å². The van der Waals surface area contributed by atoms with E-state index in [4.69, 9.17) is 27.9 Å². The van der Waals surface area contributed by atoms with E-state index in [9.17, 15) is 9.59 Å². The number of hydrogen-bond acceptors (Lipinski definition) is 3. The normalized spacial score (nSPS) is 11.6. The lowest BCUT2D eigenvalue weighted by Gasteiger charge is -2.30. The molecule has 0 saturated carbocycles. The first kappa shape index (κ1) is 23.0. The Balaban J connectivity index is 2.25. The van der Waals surface area contributed by atoms with E-state index in [0.717, 1.165) is 5.56 Å². The number of amides is 2. The van der Waals surface area contributed by atoms with Gasteiger partial charge in [0.15, 0.2) is 6.61 Å². The molecule has 5 nitrogen and oxygen atoms in total. The fourth-order valence-electron chi connectivity index (χ4n) is 2.99. The Labute approximate surface area is 181 Å². The molecule has 1 atom stereocenters. The summed E-state index contributed by atoms with van der Waals surface area (Å²) in [6, 6.07) is 11.9. The molecule has 0 spiro atoms. The van der Waals surface area contributed by atoms with Gasteiger partial charge >= 0.3 is 0 Å². The van der Waals surface area contributed by atoms with Gasteiger partial charge in [0, 0.05) is 23.1 Å². The number of carbonyl (C=O) groups excluding carboxylic acids is 2. The smallest absolute Gasteiger partial charge is 0.261 e. The predicted octanol–water partition coefficient (Wildman–Crippen LogP) is 4.62. The Morgan fingerprint density at radius 2 is 1.86 bits per heavy atom. The molecule has 0 aliphatic heterocycles. The molecule has 7 heteroatoms. The minimum atomic E-state index is -0.630. The van der Waals surface area contributed by atoms with E-state index >= 15 is 0 Å². The summed E-state index contributed by atoms with van der Waals surface area (Å²) in [6.07, 6.45) is 0.465. The molecule has 0 unspecified atom stereocenters. The molecule has 0 aliphatic rings. The van der Waals surface area contributed by atoms with Crippen LogP contribution < -0.4 is 10.1 Å². The number of nitrogens with zero attached hydrogens (tertiary/aromatic N) is 1. The lowest BCUT2D eigenvalue weighted by Crippen LogP contribution is -2.50. The maximum Gasteiger partial charge on any atom is 0.261 e. The summed E-state index contributed by atoms with van der Waals surface area (Å²) in [5.74, 6) is 0.137. The van der Waals surface area contributed by atoms with E-state index in [0.29, 0.717) is 34.3 Å². The summed E-state index contributed by atoms with van der Waals surface area (Å²) in [5, 5.41) is 3.75. The first-order chi connectivity index (χ1) is 13.9. The van der Waals surface area contributed by atoms with Gasteiger partial charge in [0.2, 0.25) is 5.91 Å². The van der Waals surface area contributed by atoms with Crippen LogP contribution in [-0.2, 0) is 16.1 Å². The van der Waals surface area contributed by atoms with Crippen LogP contribution >= 0.6 is 23.2 Å². The van der Waals surface area contributed by atoms with Crippen molar-refractivity contribution < 1.29 is 14.3 Å². The van der Waals surface area contributed by atoms with Gasteiger partial charge in [-0.1, -0.05) is 54.4 Å². The predicted molar refractivity (Wildman–Crippen MR) is 116 cm³/mol. The van der Waals surface area contributed by atoms with Crippen LogP contribution in [0.15, 0.2) is 42.5 Å². The number of aryl methyl sites for hydroxylation is 1. The zero-order valence-corrected chi connectivity index (χ0v) is 18.4. The molecule has 1 N–H and O–H groups in total. The molecule has 2 amide bonds. The van der Waals surface area contributed by atoms with Crippen LogP contribution in [0.5, 0.6) is 5.75 Å². The second-order valence-electron chi connectivity index (χ2n) is 6.63. The van der Waals surface area contributed by atoms with E-state index in [-0.39, 0.29) is 25.0 Å². The summed E-state index contributed by atoms with van der Waals surface area (Å²) in [6.45, 7) is 6.11. The van der Waals surface area contributed by atoms with Gasteiger partial charge in [0.05, 0.1) is 0 Å². The number of ether oxygens (including phenoxy) is 1. The van der Waals surface area contributed by atoms with Crippen LogP contribution in [0.4, 0.5) is 0 Å². The zero-order valence-electron chi connectivity index (χ0n) is 16.9. The molecule has 0 radical (unpaired) electrons. The summed E-state index contributed by atoms with van der Waals surface area (Å²) in [4.78, 5) is 27.2. The minimum absolute atomic E-state index is 0.175. The van der Waals surface area contributed by atoms with Crippen molar-refractivity contribution in [1.82, 2.24) is 10.2 Å². The Morgan fingerprint density at radius 1 is 1.14 bits per heavy atom. The highest BCUT2D eigenvalue weighted by molar-refractivity contribution is 6.35. The molecule has 2 aromatic rings. The molecule has 0 fully saturated rings. The molecule has 0 heterocycles. The van der Waals surface area contributed by atoms with Crippen molar-refractivity contribution in [3.05, 3.63) is 63.6 Å². The molecule has 0 aromatic heterocycles. The number of halogens is 2. The van der Waals surface area contributed by atoms with Gasteiger partial charge in [-0.05, 0) is 49.6 Å². The average molecular weight is 437 g/mol. The van der Waals surface area contributed by atoms with E-state index < -0.39 is 6.04 Å². The number of rotatable bonds is 9. The highest BCUT2D eigenvalue weighted by Crippen LogP contribution is 2.24. The maximum atomic E-state index is 13.1. The third-order valence-electron chi connectivity index (χ3n) is 4.54. The Morgan fingerprint density at radius 3 is 2.48 bits per heavy atom. The van der Waals surface area contributed by atoms with Crippen LogP contribution in [0.2, 0.25) is 10.0 Å². The first-order valence-electron chi connectivity index (χ1n) is 9.56. The number of para-hydroxylation sites is 1. The molecule has 0 saturated heterocycles. The van der Waals surface area contributed by atoms with Crippen LogP contribution in [0.3, 0.4) is 0 Å². The molecule has 2 rings (SSSR count). The Bertz CT molecular complexity index is 858. The molecule has 0 bridgehead atoms. The quantitative estimate of drug-likeness (QED) is 0.623. The van der Waals surface area contributed by atoms with Crippen LogP contribution in [0, 0.1) is 6.92 Å². The molecule has 0 aliphatic carbocycles. The van der Waals surface area contributed by atoms with E-state index in [1.165, 1.54) is 4.90 Å². The fraction of sp³-hybridized carbons (Fsp3) is 0.364. The van der Waals surface area contributed by atoms with Crippen molar-refractivity contribution in [3.8, 4) is 5.75 Å². The number of nitrogens with one attached hydrogen (secondary N) is 1. The van der Waals surface area contributed by atoms with Gasteiger partial charge < -0.3 is 15.0 Å². The number of carbonyl (C=O) groups is 2. The third-order valence-corrected chi connectivity index (χ3v) is 5.12. The average Bonchev–Trinajstić information content (AvgIpc) is 2.68. The summed E-state index contributed by atoms with van der Waals surface area (Å²) >= 11 is 12.3. The zero-order chi connectivity index (χ0) is 21.4. The topological polar surface area (TPSA) is 58.6 Å². The van der Waals surface area contributed by atoms with E-state index in [2.05, 4.69) is 5.32 Å². The minimum Gasteiger partial charge on any atom is -0.484 e. The van der Waals surface area contributed by atoms with Crippen LogP contribution in [0.25, 0.3) is 0 Å². The SMILES string of the molecule is CCNC(=O)[C@@H](CC)N(Cc1ccc(Cl)cc1Cl)C(=O)COc1ccccc1C. The van der Waals surface area contributed by atoms with Crippen molar-refractivity contribution in [3.63, 3.8) is 0 Å². The lowest BCUT2D eigenvalue weighted by molar-refractivity contribution is -0.142. The molecule has 156 valence electrons. The highest BCUT2D eigenvalue weighted by Gasteiger charge is 2.29. The molecular weight excluding hydrogens is 411 g/mol. The van der Waals surface area contributed by atoms with Crippen molar-refractivity contribution >= 4 is 35.0 Å². The highest BCUT2D eigenvalue weighted by atomic mass is 35.5. The van der Waals surface area contributed by atoms with Gasteiger partial charge in [-0.25, -0.2) is 0 Å². The van der Waals surface area contributed by atoms with E-state index in [1.54, 1.807) is 18.2 Å². The van der Waals surface area contributed by atoms with Gasteiger partial charge in [0.1, 0.15) is 11.8 Å². The van der Waals surface area contributed by atoms with E-state index in [1.807, 2.05) is 45.0 Å². The Hall–Kier alpha value is -2.24. The molecule has 2 aromatic carbocycles. The summed E-state index contributed by atoms with van der Waals surface area (Å²) in [5.41, 5.74) is 1.64. The first-order valence-corrected chi connectivity index (χ1v) is 10.3. The summed E-state index contributed by atoms with van der Waals surface area (Å²) in [7, 11) is 0. The Kier molecular flexibility index (Phi) is 8.80. The third kappa shape index (κ3) is 6.38. The molecular formula is C22H26Cl2N2O3. The fourth-order valence-corrected chi connectivity index (χ4v) is 3.45. The number of benzene rings is 2. The van der Waals surface area contributed by atoms with Crippen molar-refractivity contribution in [2.75, 3.05) is 13.2 Å². The lowest BCUT2D eigenvalue weighted by atomic mass is 10.1. The van der Waals surface area contributed by atoms with Crippen molar-refractivity contribution in [1.29, 1.82) is 0 Å². The number of hydrogen-bond donors (Lipinski definition) is 1. The standard InChI is InChI=1S/C22H26Cl2N2O3/c1-4-19(22(28)25-5-2)26(13-16-10-11-17(23)12-18(16)24)21(27)14-29-20-9-7-6-8-15(20)3/h6-12,19H,4-5,13-14H2,1-3H3,(H,25,28)/t19-/m1/s1. The van der Waals surface area contributed by atoms with Gasteiger partial charge in [-0.15, -0.1) is 0 Å². The maximum absolute atomic E-state index is 13.1. The van der Waals surface area contributed by atoms with Crippen molar-refractivity contribution in [2.24, 2.45) is 0 Å². The van der Waals surface area contributed by atoms with Gasteiger partial charge in [-0.2, -0.15) is 0 Å².